The van der Waals surface area contributed by atoms with Crippen molar-refractivity contribution in [1.82, 2.24) is 5.32 Å². The lowest BCUT2D eigenvalue weighted by molar-refractivity contribution is 0.642. The van der Waals surface area contributed by atoms with Gasteiger partial charge in [0.15, 0.2) is 0 Å². The summed E-state index contributed by atoms with van der Waals surface area (Å²) in [6.07, 6.45) is 2.99. The van der Waals surface area contributed by atoms with E-state index in [1.807, 2.05) is 11.3 Å². The molecule has 0 aliphatic carbocycles. The number of nitrogens with one attached hydrogen (secondary N) is 1. The molecular formula is C67H48N2OS. The molecule has 10 aromatic carbocycles. The van der Waals surface area contributed by atoms with E-state index in [2.05, 4.69) is 255 Å². The van der Waals surface area contributed by atoms with Crippen molar-refractivity contribution in [3.63, 3.8) is 0 Å². The lowest BCUT2D eigenvalue weighted by atomic mass is 9.91. The molecule has 0 amide bonds. The third-order valence-electron chi connectivity index (χ3n) is 14.2. The summed E-state index contributed by atoms with van der Waals surface area (Å²) in [7, 11) is 0. The maximum atomic E-state index is 7.01. The van der Waals surface area contributed by atoms with Crippen LogP contribution in [0.2, 0.25) is 0 Å². The average Bonchev–Trinajstić information content (AvgIpc) is 4.02. The van der Waals surface area contributed by atoms with E-state index in [4.69, 9.17) is 9.41 Å². The molecule has 0 radical (unpaired) electrons. The Morgan fingerprint density at radius 3 is 1.66 bits per heavy atom. The molecule has 1 N–H and O–H groups in total. The number of aliphatic imine (C=N–C) groups is 1. The molecule has 12 aromatic rings. The van der Waals surface area contributed by atoms with E-state index in [9.17, 15) is 0 Å². The molecule has 0 bridgehead atoms. The Kier molecular flexibility index (Phi) is 10.8. The van der Waals surface area contributed by atoms with Gasteiger partial charge in [0, 0.05) is 59.4 Å². The summed E-state index contributed by atoms with van der Waals surface area (Å²) >= 11 is 1.85. The fraction of sp³-hybridized carbons (Fsp3) is 0.0597. The molecule has 1 aliphatic rings. The summed E-state index contributed by atoms with van der Waals surface area (Å²) in [6.45, 7) is 2.30. The number of rotatable bonds is 8. The van der Waals surface area contributed by atoms with Crippen LogP contribution in [-0.4, -0.2) is 5.71 Å². The molecule has 0 spiro atoms. The number of nitrogens with zero attached hydrogens (tertiary/aromatic N) is 1. The van der Waals surface area contributed by atoms with Gasteiger partial charge in [0.2, 0.25) is 0 Å². The first-order chi connectivity index (χ1) is 35.1. The van der Waals surface area contributed by atoms with E-state index in [1.165, 1.54) is 53.6 Å². The highest BCUT2D eigenvalue weighted by Gasteiger charge is 2.24. The fourth-order valence-corrected chi connectivity index (χ4v) is 11.7. The van der Waals surface area contributed by atoms with Crippen molar-refractivity contribution in [1.29, 1.82) is 0 Å². The van der Waals surface area contributed by atoms with Crippen LogP contribution in [0.1, 0.15) is 36.2 Å². The van der Waals surface area contributed by atoms with Gasteiger partial charge in [-0.1, -0.05) is 213 Å². The minimum absolute atomic E-state index is 0.222. The van der Waals surface area contributed by atoms with E-state index in [0.29, 0.717) is 0 Å². The SMILES string of the molecule is CC1C/C=C(\c2cccc3sc4ccc(-c5cccc6oc7c(-c8ccc(-c9ccccc9)cc8)cc(-c8ccc(-c9ccccc9)cc8)cc7c56)cc4c23)NC(c2ccccc2)/N=C\1c1ccccc1. The second-order valence-electron chi connectivity index (χ2n) is 18.7. The van der Waals surface area contributed by atoms with Crippen LogP contribution in [0.15, 0.2) is 252 Å². The smallest absolute Gasteiger partial charge is 0.145 e. The van der Waals surface area contributed by atoms with Crippen LogP contribution >= 0.6 is 11.3 Å². The predicted octanol–water partition coefficient (Wildman–Crippen LogP) is 18.4. The average molecular weight is 929 g/mol. The Hall–Kier alpha value is -8.57. The van der Waals surface area contributed by atoms with Crippen LogP contribution in [-0.2, 0) is 0 Å². The first kappa shape index (κ1) is 42.5. The van der Waals surface area contributed by atoms with Gasteiger partial charge >= 0.3 is 0 Å². The molecule has 0 saturated heterocycles. The summed E-state index contributed by atoms with van der Waals surface area (Å²) in [4.78, 5) is 5.51. The Bertz CT molecular complexity index is 3960. The zero-order chi connectivity index (χ0) is 47.3. The highest BCUT2D eigenvalue weighted by atomic mass is 32.1. The summed E-state index contributed by atoms with van der Waals surface area (Å²) in [5.41, 5.74) is 19.0. The van der Waals surface area contributed by atoms with E-state index in [0.717, 1.165) is 78.7 Å². The Morgan fingerprint density at radius 2 is 0.986 bits per heavy atom. The van der Waals surface area contributed by atoms with Crippen molar-refractivity contribution < 1.29 is 4.42 Å². The van der Waals surface area contributed by atoms with Gasteiger partial charge < -0.3 is 9.73 Å². The zero-order valence-electron chi connectivity index (χ0n) is 39.2. The Labute approximate surface area is 417 Å². The van der Waals surface area contributed by atoms with Crippen molar-refractivity contribution in [2.45, 2.75) is 19.5 Å². The van der Waals surface area contributed by atoms with Gasteiger partial charge in [-0.15, -0.1) is 11.3 Å². The molecule has 1 aliphatic heterocycles. The number of benzene rings is 10. The van der Waals surface area contributed by atoms with Gasteiger partial charge in [-0.25, -0.2) is 0 Å². The lowest BCUT2D eigenvalue weighted by Crippen LogP contribution is -2.25. The van der Waals surface area contributed by atoms with Crippen LogP contribution in [0, 0.1) is 5.92 Å². The highest BCUT2D eigenvalue weighted by Crippen LogP contribution is 2.46. The summed E-state index contributed by atoms with van der Waals surface area (Å²) in [5, 5.41) is 8.67. The standard InChI is InChI=1S/C67H48N2OS/c1-43-28-38-59(68-67(51-22-12-5-13-23-51)69-65(43)50-20-10-4-11-21-50)55-25-15-27-62-64(55)57-40-52(37-39-61(57)71-62)54-24-14-26-60-63(54)58-42-53(48-31-29-46(30-32-48)44-16-6-2-7-17-44)41-56(66(58)70-60)49-35-33-47(34-36-49)45-18-8-3-9-19-45/h2-27,29-43,67-68H,28H2,1H3/b59-38+,69-65+. The quantitative estimate of drug-likeness (QED) is 0.165. The number of furan rings is 1. The molecule has 338 valence electrons. The van der Waals surface area contributed by atoms with Gasteiger partial charge in [0.1, 0.15) is 17.3 Å². The molecule has 0 saturated carbocycles. The first-order valence-electron chi connectivity index (χ1n) is 24.5. The molecule has 2 unspecified atom stereocenters. The van der Waals surface area contributed by atoms with Gasteiger partial charge in [0.25, 0.3) is 0 Å². The Balaban J connectivity index is 0.954. The second kappa shape index (κ2) is 18.1. The molecule has 4 heteroatoms. The third-order valence-corrected chi connectivity index (χ3v) is 15.3. The van der Waals surface area contributed by atoms with E-state index < -0.39 is 0 Å². The summed E-state index contributed by atoms with van der Waals surface area (Å²) < 4.78 is 9.53. The second-order valence-corrected chi connectivity index (χ2v) is 19.7. The molecule has 0 fully saturated rings. The maximum Gasteiger partial charge on any atom is 0.145 e. The van der Waals surface area contributed by atoms with Crippen LogP contribution in [0.3, 0.4) is 0 Å². The number of allylic oxidation sites excluding steroid dienone is 1. The van der Waals surface area contributed by atoms with Gasteiger partial charge in [0.05, 0.1) is 0 Å². The summed E-state index contributed by atoms with van der Waals surface area (Å²) in [6, 6.07) is 85.2. The zero-order valence-corrected chi connectivity index (χ0v) is 40.0. The van der Waals surface area contributed by atoms with Crippen LogP contribution in [0.25, 0.3) is 103 Å². The van der Waals surface area contributed by atoms with Crippen molar-refractivity contribution in [3.8, 4) is 55.6 Å². The molecule has 13 rings (SSSR count). The van der Waals surface area contributed by atoms with Gasteiger partial charge in [-0.2, -0.15) is 0 Å². The third kappa shape index (κ3) is 7.93. The van der Waals surface area contributed by atoms with E-state index in [1.54, 1.807) is 0 Å². The minimum Gasteiger partial charge on any atom is -0.455 e. The van der Waals surface area contributed by atoms with Crippen molar-refractivity contribution in [2.24, 2.45) is 10.9 Å². The van der Waals surface area contributed by atoms with Crippen molar-refractivity contribution in [2.75, 3.05) is 0 Å². The van der Waals surface area contributed by atoms with Crippen LogP contribution < -0.4 is 5.32 Å². The van der Waals surface area contributed by atoms with E-state index >= 15 is 0 Å². The van der Waals surface area contributed by atoms with Crippen LogP contribution in [0.5, 0.6) is 0 Å². The topological polar surface area (TPSA) is 37.5 Å². The van der Waals surface area contributed by atoms with Crippen molar-refractivity contribution in [3.05, 3.63) is 259 Å². The molecule has 3 nitrogen and oxygen atoms in total. The number of thiophene rings is 1. The molecule has 2 atom stereocenters. The minimum atomic E-state index is -0.263. The molecule has 71 heavy (non-hydrogen) atoms. The summed E-state index contributed by atoms with van der Waals surface area (Å²) in [5.74, 6) is 0.222. The predicted molar refractivity (Wildman–Crippen MR) is 301 cm³/mol. The fourth-order valence-electron chi connectivity index (χ4n) is 10.6. The molecule has 2 aromatic heterocycles. The molecular weight excluding hydrogens is 881 g/mol. The van der Waals surface area contributed by atoms with Gasteiger partial charge in [-0.3, -0.25) is 4.99 Å². The number of hydrogen-bond donors (Lipinski definition) is 1. The van der Waals surface area contributed by atoms with Crippen LogP contribution in [0.4, 0.5) is 0 Å². The monoisotopic (exact) mass is 928 g/mol. The Morgan fingerprint density at radius 1 is 0.437 bits per heavy atom. The number of fused-ring (bicyclic) bond motifs is 6. The van der Waals surface area contributed by atoms with E-state index in [-0.39, 0.29) is 12.1 Å². The normalized spacial score (nSPS) is 16.5. The largest absolute Gasteiger partial charge is 0.455 e. The molecule has 3 heterocycles. The maximum absolute atomic E-state index is 7.01. The number of hydrogen-bond acceptors (Lipinski definition) is 4. The van der Waals surface area contributed by atoms with Gasteiger partial charge in [-0.05, 0) is 104 Å². The first-order valence-corrected chi connectivity index (χ1v) is 25.3. The highest BCUT2D eigenvalue weighted by molar-refractivity contribution is 7.25. The lowest BCUT2D eigenvalue weighted by Gasteiger charge is -2.26. The van der Waals surface area contributed by atoms with Crippen molar-refractivity contribution >= 4 is 64.9 Å².